The first-order chi connectivity index (χ1) is 9.96. The maximum Gasteiger partial charge on any atom is 0.242 e. The van der Waals surface area contributed by atoms with E-state index in [9.17, 15) is 9.59 Å². The third kappa shape index (κ3) is 2.45. The van der Waals surface area contributed by atoms with Crippen LogP contribution < -0.4 is 5.32 Å². The van der Waals surface area contributed by atoms with Gasteiger partial charge in [-0.15, -0.1) is 0 Å². The summed E-state index contributed by atoms with van der Waals surface area (Å²) in [6.07, 6.45) is 5.14. The van der Waals surface area contributed by atoms with Crippen LogP contribution in [0.4, 0.5) is 0 Å². The van der Waals surface area contributed by atoms with Crippen molar-refractivity contribution < 1.29 is 9.59 Å². The summed E-state index contributed by atoms with van der Waals surface area (Å²) in [6.45, 7) is 8.21. The Morgan fingerprint density at radius 2 is 1.86 bits per heavy atom. The highest BCUT2D eigenvalue weighted by molar-refractivity contribution is 5.89. The number of carbonyl (C=O) groups is 2. The molecule has 0 aromatic carbocycles. The molecule has 1 unspecified atom stereocenters. The molecule has 3 fully saturated rings. The number of hydrogen-bond donors (Lipinski definition) is 1. The van der Waals surface area contributed by atoms with E-state index in [2.05, 4.69) is 10.2 Å². The number of piperidine rings is 1. The lowest BCUT2D eigenvalue weighted by Gasteiger charge is -2.38. The molecule has 5 heteroatoms. The van der Waals surface area contributed by atoms with E-state index >= 15 is 0 Å². The van der Waals surface area contributed by atoms with Crippen LogP contribution in [-0.2, 0) is 9.59 Å². The second kappa shape index (κ2) is 5.27. The second-order valence-corrected chi connectivity index (χ2v) is 7.37. The van der Waals surface area contributed by atoms with Gasteiger partial charge in [-0.25, -0.2) is 0 Å². The maximum absolute atomic E-state index is 12.9. The third-order valence-electron chi connectivity index (χ3n) is 5.66. The van der Waals surface area contributed by atoms with E-state index in [0.29, 0.717) is 6.54 Å². The lowest BCUT2D eigenvalue weighted by Crippen LogP contribution is -2.55. The molecule has 0 aromatic heterocycles. The van der Waals surface area contributed by atoms with Gasteiger partial charge in [0.15, 0.2) is 0 Å². The molecule has 3 rings (SSSR count). The number of hydrogen-bond acceptors (Lipinski definition) is 3. The van der Waals surface area contributed by atoms with Crippen LogP contribution in [0.5, 0.6) is 0 Å². The number of carbonyl (C=O) groups excluding carboxylic acids is 2. The topological polar surface area (TPSA) is 52.7 Å². The normalized spacial score (nSPS) is 31.0. The first-order valence-electron chi connectivity index (χ1n) is 8.28. The van der Waals surface area contributed by atoms with E-state index in [4.69, 9.17) is 0 Å². The summed E-state index contributed by atoms with van der Waals surface area (Å²) in [7, 11) is 0. The Morgan fingerprint density at radius 1 is 1.14 bits per heavy atom. The van der Waals surface area contributed by atoms with Crippen molar-refractivity contribution in [1.82, 2.24) is 15.1 Å². The van der Waals surface area contributed by atoms with Crippen molar-refractivity contribution in [3.8, 4) is 0 Å². The predicted molar refractivity (Wildman–Crippen MR) is 80.8 cm³/mol. The van der Waals surface area contributed by atoms with Gasteiger partial charge in [-0.2, -0.15) is 0 Å². The SMILES string of the molecule is CC(C)(C(=O)N1CCC2(CCCNC2=O)C1)N1CCCC1. The van der Waals surface area contributed by atoms with Gasteiger partial charge in [0.1, 0.15) is 0 Å². The van der Waals surface area contributed by atoms with Gasteiger partial charge in [0.25, 0.3) is 0 Å². The number of amides is 2. The summed E-state index contributed by atoms with van der Waals surface area (Å²) in [5, 5.41) is 2.98. The fraction of sp³-hybridized carbons (Fsp3) is 0.875. The molecule has 2 amide bonds. The summed E-state index contributed by atoms with van der Waals surface area (Å²) < 4.78 is 0. The smallest absolute Gasteiger partial charge is 0.242 e. The van der Waals surface area contributed by atoms with Gasteiger partial charge in [0.05, 0.1) is 11.0 Å². The molecule has 1 atom stereocenters. The molecule has 3 aliphatic heterocycles. The number of nitrogens with zero attached hydrogens (tertiary/aromatic N) is 2. The van der Waals surface area contributed by atoms with Crippen LogP contribution in [0.3, 0.4) is 0 Å². The Balaban J connectivity index is 1.70. The van der Waals surface area contributed by atoms with Gasteiger partial charge < -0.3 is 10.2 Å². The van der Waals surface area contributed by atoms with E-state index in [1.807, 2.05) is 18.7 Å². The van der Waals surface area contributed by atoms with Crippen molar-refractivity contribution in [2.24, 2.45) is 5.41 Å². The van der Waals surface area contributed by atoms with Gasteiger partial charge in [0.2, 0.25) is 11.8 Å². The lowest BCUT2D eigenvalue weighted by atomic mass is 9.79. The molecule has 0 bridgehead atoms. The van der Waals surface area contributed by atoms with Gasteiger partial charge >= 0.3 is 0 Å². The quantitative estimate of drug-likeness (QED) is 0.826. The third-order valence-corrected chi connectivity index (χ3v) is 5.66. The predicted octanol–water partition coefficient (Wildman–Crippen LogP) is 0.989. The molecule has 1 spiro atoms. The van der Waals surface area contributed by atoms with E-state index in [0.717, 1.165) is 45.4 Å². The fourth-order valence-corrected chi connectivity index (χ4v) is 4.16. The lowest BCUT2D eigenvalue weighted by molar-refractivity contribution is -0.142. The van der Waals surface area contributed by atoms with Crippen molar-refractivity contribution in [2.45, 2.75) is 51.5 Å². The number of rotatable bonds is 2. The molecule has 118 valence electrons. The first kappa shape index (κ1) is 14.8. The standard InChI is InChI=1S/C16H27N3O2/c1-15(2,19-9-3-4-10-19)14(21)18-11-7-16(12-18)6-5-8-17-13(16)20/h3-12H2,1-2H3,(H,17,20). The molecular formula is C16H27N3O2. The Morgan fingerprint density at radius 3 is 2.52 bits per heavy atom. The summed E-state index contributed by atoms with van der Waals surface area (Å²) in [4.78, 5) is 29.4. The highest BCUT2D eigenvalue weighted by Crippen LogP contribution is 2.38. The van der Waals surface area contributed by atoms with Crippen molar-refractivity contribution >= 4 is 11.8 Å². The van der Waals surface area contributed by atoms with E-state index in [-0.39, 0.29) is 17.2 Å². The average molecular weight is 293 g/mol. The number of nitrogens with one attached hydrogen (secondary N) is 1. The molecule has 3 saturated heterocycles. The van der Waals surface area contributed by atoms with Crippen LogP contribution in [0.2, 0.25) is 0 Å². The molecule has 0 radical (unpaired) electrons. The van der Waals surface area contributed by atoms with Crippen LogP contribution >= 0.6 is 0 Å². The van der Waals surface area contributed by atoms with Crippen molar-refractivity contribution in [3.63, 3.8) is 0 Å². The van der Waals surface area contributed by atoms with Crippen LogP contribution in [-0.4, -0.2) is 59.9 Å². The minimum atomic E-state index is -0.437. The molecular weight excluding hydrogens is 266 g/mol. The average Bonchev–Trinajstić information content (AvgIpc) is 3.12. The number of likely N-dealkylation sites (tertiary alicyclic amines) is 2. The van der Waals surface area contributed by atoms with Crippen molar-refractivity contribution in [3.05, 3.63) is 0 Å². The Hall–Kier alpha value is -1.10. The zero-order valence-electron chi connectivity index (χ0n) is 13.3. The largest absolute Gasteiger partial charge is 0.356 e. The van der Waals surface area contributed by atoms with Gasteiger partial charge in [-0.3, -0.25) is 14.5 Å². The zero-order chi connectivity index (χ0) is 15.1. The second-order valence-electron chi connectivity index (χ2n) is 7.37. The van der Waals surface area contributed by atoms with Gasteiger partial charge in [-0.05, 0) is 59.0 Å². The minimum Gasteiger partial charge on any atom is -0.356 e. The summed E-state index contributed by atoms with van der Waals surface area (Å²) in [5.41, 5.74) is -0.748. The van der Waals surface area contributed by atoms with Crippen LogP contribution in [0, 0.1) is 5.41 Å². The van der Waals surface area contributed by atoms with Crippen LogP contribution in [0.15, 0.2) is 0 Å². The molecule has 1 N–H and O–H groups in total. The van der Waals surface area contributed by atoms with Crippen LogP contribution in [0.1, 0.15) is 46.0 Å². The maximum atomic E-state index is 12.9. The molecule has 3 heterocycles. The highest BCUT2D eigenvalue weighted by atomic mass is 16.2. The van der Waals surface area contributed by atoms with Gasteiger partial charge in [0, 0.05) is 19.6 Å². The van der Waals surface area contributed by atoms with Gasteiger partial charge in [-0.1, -0.05) is 0 Å². The highest BCUT2D eigenvalue weighted by Gasteiger charge is 2.49. The molecule has 0 aliphatic carbocycles. The first-order valence-corrected chi connectivity index (χ1v) is 8.28. The van der Waals surface area contributed by atoms with Crippen molar-refractivity contribution in [2.75, 3.05) is 32.7 Å². The van der Waals surface area contributed by atoms with E-state index < -0.39 is 5.54 Å². The fourth-order valence-electron chi connectivity index (χ4n) is 4.16. The Kier molecular flexibility index (Phi) is 3.72. The molecule has 0 aromatic rings. The molecule has 0 saturated carbocycles. The summed E-state index contributed by atoms with van der Waals surface area (Å²) >= 11 is 0. The zero-order valence-corrected chi connectivity index (χ0v) is 13.3. The summed E-state index contributed by atoms with van der Waals surface area (Å²) in [6, 6.07) is 0. The molecule has 5 nitrogen and oxygen atoms in total. The summed E-state index contributed by atoms with van der Waals surface area (Å²) in [5.74, 6) is 0.350. The minimum absolute atomic E-state index is 0.156. The Labute approximate surface area is 127 Å². The Bertz CT molecular complexity index is 443. The van der Waals surface area contributed by atoms with Crippen LogP contribution in [0.25, 0.3) is 0 Å². The van der Waals surface area contributed by atoms with Crippen molar-refractivity contribution in [1.29, 1.82) is 0 Å². The van der Waals surface area contributed by atoms with E-state index in [1.54, 1.807) is 0 Å². The molecule has 21 heavy (non-hydrogen) atoms. The monoisotopic (exact) mass is 293 g/mol. The molecule has 3 aliphatic rings. The van der Waals surface area contributed by atoms with E-state index in [1.165, 1.54) is 12.8 Å².